The molecule has 0 heterocycles. The average Bonchev–Trinajstić information content (AvgIpc) is 2.45. The second-order valence-corrected chi connectivity index (χ2v) is 5.28. The van der Waals surface area contributed by atoms with E-state index >= 15 is 0 Å². The Morgan fingerprint density at radius 1 is 1.29 bits per heavy atom. The Kier molecular flexibility index (Phi) is 6.88. The van der Waals surface area contributed by atoms with E-state index in [0.29, 0.717) is 16.3 Å². The van der Waals surface area contributed by atoms with Gasteiger partial charge < -0.3 is 5.32 Å². The number of amides is 2. The molecule has 2 amide bonds. The van der Waals surface area contributed by atoms with Gasteiger partial charge in [0.25, 0.3) is 5.91 Å². The third kappa shape index (κ3) is 6.40. The van der Waals surface area contributed by atoms with E-state index in [-0.39, 0.29) is 24.3 Å². The number of hydrazone groups is 1. The quantitative estimate of drug-likeness (QED) is 0.626. The minimum absolute atomic E-state index is 0.105. The first-order valence-corrected chi connectivity index (χ1v) is 7.18. The summed E-state index contributed by atoms with van der Waals surface area (Å²) in [7, 11) is 0. The summed E-state index contributed by atoms with van der Waals surface area (Å²) < 4.78 is 0. The first-order valence-electron chi connectivity index (χ1n) is 6.80. The van der Waals surface area contributed by atoms with Crippen molar-refractivity contribution in [3.05, 3.63) is 34.9 Å². The summed E-state index contributed by atoms with van der Waals surface area (Å²) >= 11 is 5.75. The molecular weight excluding hydrogens is 290 g/mol. The van der Waals surface area contributed by atoms with Crippen molar-refractivity contribution in [3.8, 4) is 0 Å². The van der Waals surface area contributed by atoms with Crippen molar-refractivity contribution in [2.75, 3.05) is 0 Å². The van der Waals surface area contributed by atoms with Crippen LogP contribution in [-0.4, -0.2) is 23.6 Å². The molecule has 0 aromatic heterocycles. The van der Waals surface area contributed by atoms with Gasteiger partial charge >= 0.3 is 0 Å². The first kappa shape index (κ1) is 17.2. The molecule has 0 saturated carbocycles. The Balaban J connectivity index is 2.49. The van der Waals surface area contributed by atoms with Gasteiger partial charge in [0.2, 0.25) is 5.91 Å². The molecule has 0 aliphatic heterocycles. The lowest BCUT2D eigenvalue weighted by Gasteiger charge is -2.10. The minimum atomic E-state index is -0.339. The smallest absolute Gasteiger partial charge is 0.271 e. The summed E-state index contributed by atoms with van der Waals surface area (Å²) in [6.45, 7) is 5.63. The second-order valence-electron chi connectivity index (χ2n) is 4.85. The zero-order valence-electron chi connectivity index (χ0n) is 12.4. The van der Waals surface area contributed by atoms with E-state index in [1.807, 2.05) is 13.8 Å². The maximum absolute atomic E-state index is 11.8. The Morgan fingerprint density at radius 3 is 2.48 bits per heavy atom. The largest absolute Gasteiger partial charge is 0.353 e. The van der Waals surface area contributed by atoms with E-state index in [1.54, 1.807) is 31.2 Å². The molecule has 1 rings (SSSR count). The lowest BCUT2D eigenvalue weighted by atomic mass is 10.2. The molecule has 0 aliphatic carbocycles. The maximum Gasteiger partial charge on any atom is 0.271 e. The zero-order chi connectivity index (χ0) is 15.8. The Hall–Kier alpha value is -1.88. The van der Waals surface area contributed by atoms with Crippen LogP contribution in [-0.2, 0) is 4.79 Å². The summed E-state index contributed by atoms with van der Waals surface area (Å²) in [5.41, 5.74) is 3.42. The van der Waals surface area contributed by atoms with E-state index in [1.165, 1.54) is 0 Å². The normalized spacial score (nSPS) is 12.7. The first-order chi connectivity index (χ1) is 9.92. The van der Waals surface area contributed by atoms with E-state index < -0.39 is 0 Å². The number of hydrogen-bond donors (Lipinski definition) is 2. The Labute approximate surface area is 129 Å². The van der Waals surface area contributed by atoms with Crippen LogP contribution in [0.25, 0.3) is 0 Å². The van der Waals surface area contributed by atoms with Crippen LogP contribution < -0.4 is 10.7 Å². The molecule has 2 N–H and O–H groups in total. The molecule has 21 heavy (non-hydrogen) atoms. The van der Waals surface area contributed by atoms with Gasteiger partial charge in [-0.3, -0.25) is 9.59 Å². The Bertz CT molecular complexity index is 526. The fraction of sp³-hybridized carbons (Fsp3) is 0.400. The summed E-state index contributed by atoms with van der Waals surface area (Å²) in [6, 6.07) is 6.62. The molecule has 1 aromatic rings. The third-order valence-electron chi connectivity index (χ3n) is 2.89. The van der Waals surface area contributed by atoms with Crippen molar-refractivity contribution in [2.45, 2.75) is 39.7 Å². The number of halogens is 1. The number of carbonyl (C=O) groups excluding carboxylic acids is 2. The number of carbonyl (C=O) groups is 2. The fourth-order valence-corrected chi connectivity index (χ4v) is 1.64. The van der Waals surface area contributed by atoms with Crippen LogP contribution in [0.2, 0.25) is 5.02 Å². The molecular formula is C15H20ClN3O2. The van der Waals surface area contributed by atoms with Crippen molar-refractivity contribution < 1.29 is 9.59 Å². The standard InChI is InChI=1S/C15H20ClN3O2/c1-4-10(2)17-14(20)9-11(3)18-19-15(21)12-5-7-13(16)8-6-12/h5-8,10H,4,9H2,1-3H3,(H,17,20)(H,19,21)/b18-11+. The van der Waals surface area contributed by atoms with Gasteiger partial charge in [-0.2, -0.15) is 5.10 Å². The summed E-state index contributed by atoms with van der Waals surface area (Å²) in [4.78, 5) is 23.5. The Morgan fingerprint density at radius 2 is 1.90 bits per heavy atom. The van der Waals surface area contributed by atoms with Crippen molar-refractivity contribution in [1.82, 2.24) is 10.7 Å². The zero-order valence-corrected chi connectivity index (χ0v) is 13.2. The van der Waals surface area contributed by atoms with Gasteiger partial charge in [0.1, 0.15) is 0 Å². The predicted octanol–water partition coefficient (Wildman–Crippen LogP) is 2.75. The number of nitrogens with one attached hydrogen (secondary N) is 2. The van der Waals surface area contributed by atoms with E-state index in [9.17, 15) is 9.59 Å². The van der Waals surface area contributed by atoms with Crippen molar-refractivity contribution in [2.24, 2.45) is 5.10 Å². The molecule has 1 unspecified atom stereocenters. The van der Waals surface area contributed by atoms with Crippen LogP contribution in [0.4, 0.5) is 0 Å². The van der Waals surface area contributed by atoms with Gasteiger partial charge in [0.05, 0.1) is 6.42 Å². The van der Waals surface area contributed by atoms with Gasteiger partial charge in [-0.1, -0.05) is 18.5 Å². The highest BCUT2D eigenvalue weighted by Gasteiger charge is 2.08. The third-order valence-corrected chi connectivity index (χ3v) is 3.14. The highest BCUT2D eigenvalue weighted by molar-refractivity contribution is 6.30. The van der Waals surface area contributed by atoms with Crippen LogP contribution >= 0.6 is 11.6 Å². The van der Waals surface area contributed by atoms with Gasteiger partial charge in [0, 0.05) is 22.3 Å². The highest BCUT2D eigenvalue weighted by Crippen LogP contribution is 2.09. The molecule has 6 heteroatoms. The summed E-state index contributed by atoms with van der Waals surface area (Å²) in [6.07, 6.45) is 1.03. The molecule has 0 radical (unpaired) electrons. The van der Waals surface area contributed by atoms with Gasteiger partial charge in [-0.05, 0) is 44.5 Å². The molecule has 0 spiro atoms. The van der Waals surface area contributed by atoms with Crippen LogP contribution in [0.15, 0.2) is 29.4 Å². The average molecular weight is 310 g/mol. The second kappa shape index (κ2) is 8.42. The van der Waals surface area contributed by atoms with Gasteiger partial charge in [-0.25, -0.2) is 5.43 Å². The van der Waals surface area contributed by atoms with Crippen LogP contribution in [0, 0.1) is 0 Å². The molecule has 5 nitrogen and oxygen atoms in total. The topological polar surface area (TPSA) is 70.6 Å². The molecule has 0 saturated heterocycles. The van der Waals surface area contributed by atoms with Crippen LogP contribution in [0.1, 0.15) is 44.0 Å². The number of benzene rings is 1. The van der Waals surface area contributed by atoms with E-state index in [4.69, 9.17) is 11.6 Å². The molecule has 114 valence electrons. The molecule has 1 atom stereocenters. The minimum Gasteiger partial charge on any atom is -0.353 e. The molecule has 0 bridgehead atoms. The fourth-order valence-electron chi connectivity index (χ4n) is 1.51. The highest BCUT2D eigenvalue weighted by atomic mass is 35.5. The number of nitrogens with zero attached hydrogens (tertiary/aromatic N) is 1. The lowest BCUT2D eigenvalue weighted by Crippen LogP contribution is -2.33. The monoisotopic (exact) mass is 309 g/mol. The maximum atomic E-state index is 11.8. The summed E-state index contributed by atoms with van der Waals surface area (Å²) in [5.74, 6) is -0.445. The van der Waals surface area contributed by atoms with Crippen molar-refractivity contribution in [3.63, 3.8) is 0 Å². The van der Waals surface area contributed by atoms with Crippen molar-refractivity contribution >= 4 is 29.1 Å². The SMILES string of the molecule is CCC(C)NC(=O)C/C(C)=N/NC(=O)c1ccc(Cl)cc1. The number of rotatable bonds is 6. The van der Waals surface area contributed by atoms with Crippen LogP contribution in [0.3, 0.4) is 0 Å². The lowest BCUT2D eigenvalue weighted by molar-refractivity contribution is -0.120. The molecule has 0 fully saturated rings. The predicted molar refractivity (Wildman–Crippen MR) is 84.5 cm³/mol. The van der Waals surface area contributed by atoms with Crippen molar-refractivity contribution in [1.29, 1.82) is 0 Å². The molecule has 1 aromatic carbocycles. The van der Waals surface area contributed by atoms with E-state index in [0.717, 1.165) is 6.42 Å². The molecule has 0 aliphatic rings. The number of hydrogen-bond acceptors (Lipinski definition) is 3. The van der Waals surface area contributed by atoms with Crippen LogP contribution in [0.5, 0.6) is 0 Å². The van der Waals surface area contributed by atoms with Gasteiger partial charge in [-0.15, -0.1) is 0 Å². The van der Waals surface area contributed by atoms with E-state index in [2.05, 4.69) is 15.8 Å². The summed E-state index contributed by atoms with van der Waals surface area (Å²) in [5, 5.41) is 7.32. The van der Waals surface area contributed by atoms with Gasteiger partial charge in [0.15, 0.2) is 0 Å².